The molecule has 0 N–H and O–H groups in total. The van der Waals surface area contributed by atoms with Crippen LogP contribution in [-0.4, -0.2) is 41.8 Å². The van der Waals surface area contributed by atoms with Gasteiger partial charge in [0.05, 0.1) is 18.2 Å². The normalized spacial score (nSPS) is 14.4. The lowest BCUT2D eigenvalue weighted by atomic mass is 10.0. The van der Waals surface area contributed by atoms with E-state index in [4.69, 9.17) is 23.7 Å². The summed E-state index contributed by atoms with van der Waals surface area (Å²) in [7, 11) is 1.50. The van der Waals surface area contributed by atoms with Crippen LogP contribution in [0.5, 0.6) is 23.0 Å². The van der Waals surface area contributed by atoms with Gasteiger partial charge in [-0.1, -0.05) is 24.3 Å². The highest BCUT2D eigenvalue weighted by molar-refractivity contribution is 6.07. The van der Waals surface area contributed by atoms with E-state index in [0.717, 1.165) is 5.01 Å². The smallest absolute Gasteiger partial charge is 0.308 e. The first kappa shape index (κ1) is 26.1. The number of ether oxygens (including phenoxy) is 5. The monoisotopic (exact) mass is 520 g/mol. The van der Waals surface area contributed by atoms with Gasteiger partial charge in [-0.3, -0.25) is 19.2 Å². The van der Waals surface area contributed by atoms with E-state index >= 15 is 0 Å². The SMILES string of the molecule is COc1cc(C2=NN(C(C)=O)C(c3ccc(OC(C)=O)cc3OC(C)=O)O2)c(OC(C)=O)c2ccccc12. The Balaban J connectivity index is 1.85. The number of carbonyl (C=O) groups is 4. The van der Waals surface area contributed by atoms with E-state index in [1.807, 2.05) is 12.1 Å². The molecule has 0 bridgehead atoms. The molecule has 1 unspecified atom stereocenters. The van der Waals surface area contributed by atoms with Crippen LogP contribution in [0.15, 0.2) is 53.6 Å². The van der Waals surface area contributed by atoms with Crippen molar-refractivity contribution >= 4 is 40.5 Å². The molecular formula is C27H24N2O9. The average molecular weight is 520 g/mol. The van der Waals surface area contributed by atoms with Crippen LogP contribution in [-0.2, 0) is 23.9 Å². The fourth-order valence-corrected chi connectivity index (χ4v) is 3.97. The molecular weight excluding hydrogens is 496 g/mol. The van der Waals surface area contributed by atoms with Crippen molar-refractivity contribution < 1.29 is 42.9 Å². The standard InChI is InChI=1S/C27H24N2O9/c1-14(30)29-27(21-11-10-18(35-15(2)31)12-24(21)36-16(3)32)38-26(28-29)22-13-23(34-5)19-8-6-7-9-20(19)25(22)37-17(4)33/h6-13,27H,1-5H3. The number of benzene rings is 3. The second-order valence-electron chi connectivity index (χ2n) is 8.22. The van der Waals surface area contributed by atoms with Gasteiger partial charge in [0.2, 0.25) is 18.0 Å². The number of esters is 3. The van der Waals surface area contributed by atoms with Gasteiger partial charge in [0.1, 0.15) is 17.2 Å². The number of fused-ring (bicyclic) bond motifs is 1. The molecule has 1 aliphatic heterocycles. The topological polar surface area (TPSA) is 130 Å². The van der Waals surface area contributed by atoms with E-state index in [2.05, 4.69) is 5.10 Å². The molecule has 38 heavy (non-hydrogen) atoms. The third-order valence-electron chi connectivity index (χ3n) is 5.39. The van der Waals surface area contributed by atoms with Crippen molar-refractivity contribution in [3.05, 3.63) is 59.7 Å². The number of nitrogens with zero attached hydrogens (tertiary/aromatic N) is 2. The Morgan fingerprint density at radius 1 is 0.816 bits per heavy atom. The molecule has 0 aromatic heterocycles. The second-order valence-corrected chi connectivity index (χ2v) is 8.22. The predicted octanol–water partition coefficient (Wildman–Crippen LogP) is 3.86. The second kappa shape index (κ2) is 10.6. The van der Waals surface area contributed by atoms with E-state index in [1.165, 1.54) is 53.0 Å². The first-order valence-corrected chi connectivity index (χ1v) is 11.4. The summed E-state index contributed by atoms with van der Waals surface area (Å²) in [6.45, 7) is 4.99. The molecule has 1 amide bonds. The van der Waals surface area contributed by atoms with Crippen molar-refractivity contribution in [1.82, 2.24) is 5.01 Å². The third-order valence-corrected chi connectivity index (χ3v) is 5.39. The van der Waals surface area contributed by atoms with Gasteiger partial charge < -0.3 is 23.7 Å². The maximum absolute atomic E-state index is 12.6. The summed E-state index contributed by atoms with van der Waals surface area (Å²) in [6, 6.07) is 13.0. The van der Waals surface area contributed by atoms with Gasteiger partial charge in [-0.15, -0.1) is 5.10 Å². The molecule has 1 atom stereocenters. The van der Waals surface area contributed by atoms with Crippen LogP contribution in [0.3, 0.4) is 0 Å². The lowest BCUT2D eigenvalue weighted by Crippen LogP contribution is -2.26. The zero-order valence-electron chi connectivity index (χ0n) is 21.3. The number of carbonyl (C=O) groups excluding carboxylic acids is 4. The molecule has 1 heterocycles. The zero-order chi connectivity index (χ0) is 27.6. The minimum Gasteiger partial charge on any atom is -0.496 e. The van der Waals surface area contributed by atoms with Crippen LogP contribution in [0, 0.1) is 0 Å². The third kappa shape index (κ3) is 5.26. The highest BCUT2D eigenvalue weighted by Crippen LogP contribution is 2.42. The van der Waals surface area contributed by atoms with Crippen molar-refractivity contribution in [3.8, 4) is 23.0 Å². The summed E-state index contributed by atoms with van der Waals surface area (Å²) < 4.78 is 27.7. The Hall–Kier alpha value is -4.93. The fraction of sp³-hybridized carbons (Fsp3) is 0.222. The number of hydrogen-bond donors (Lipinski definition) is 0. The molecule has 0 fully saturated rings. The van der Waals surface area contributed by atoms with Gasteiger partial charge in [-0.2, -0.15) is 5.01 Å². The van der Waals surface area contributed by atoms with E-state index in [-0.39, 0.29) is 34.3 Å². The average Bonchev–Trinajstić information content (AvgIpc) is 3.29. The Labute approximate surface area is 217 Å². The Morgan fingerprint density at radius 3 is 2.08 bits per heavy atom. The van der Waals surface area contributed by atoms with Crippen molar-refractivity contribution in [1.29, 1.82) is 0 Å². The van der Waals surface area contributed by atoms with Crippen molar-refractivity contribution in [2.75, 3.05) is 7.11 Å². The lowest BCUT2D eigenvalue weighted by molar-refractivity contribution is -0.135. The number of methoxy groups -OCH3 is 1. The number of hydrazone groups is 1. The van der Waals surface area contributed by atoms with Crippen molar-refractivity contribution in [2.45, 2.75) is 33.9 Å². The maximum atomic E-state index is 12.6. The number of amides is 1. The summed E-state index contributed by atoms with van der Waals surface area (Å²) >= 11 is 0. The summed E-state index contributed by atoms with van der Waals surface area (Å²) in [5, 5.41) is 6.67. The van der Waals surface area contributed by atoms with Gasteiger partial charge in [0.25, 0.3) is 0 Å². The van der Waals surface area contributed by atoms with Gasteiger partial charge in [0.15, 0.2) is 5.75 Å². The molecule has 3 aromatic rings. The molecule has 3 aromatic carbocycles. The van der Waals surface area contributed by atoms with Gasteiger partial charge in [-0.05, 0) is 18.2 Å². The predicted molar refractivity (Wildman–Crippen MR) is 134 cm³/mol. The first-order chi connectivity index (χ1) is 18.1. The Morgan fingerprint density at radius 2 is 1.47 bits per heavy atom. The highest BCUT2D eigenvalue weighted by atomic mass is 16.6. The zero-order valence-corrected chi connectivity index (χ0v) is 21.3. The molecule has 0 saturated carbocycles. The van der Waals surface area contributed by atoms with E-state index in [1.54, 1.807) is 18.2 Å². The molecule has 0 aliphatic carbocycles. The molecule has 0 radical (unpaired) electrons. The fourth-order valence-electron chi connectivity index (χ4n) is 3.97. The van der Waals surface area contributed by atoms with E-state index < -0.39 is 30.0 Å². The Bertz CT molecular complexity index is 1500. The summed E-state index contributed by atoms with van der Waals surface area (Å²) in [5.74, 6) is -1.54. The van der Waals surface area contributed by atoms with Crippen LogP contribution in [0.25, 0.3) is 10.8 Å². The quantitative estimate of drug-likeness (QED) is 0.351. The van der Waals surface area contributed by atoms with Crippen molar-refractivity contribution in [3.63, 3.8) is 0 Å². The lowest BCUT2D eigenvalue weighted by Gasteiger charge is -2.22. The van der Waals surface area contributed by atoms with Gasteiger partial charge >= 0.3 is 17.9 Å². The van der Waals surface area contributed by atoms with Crippen LogP contribution in [0.1, 0.15) is 45.0 Å². The maximum Gasteiger partial charge on any atom is 0.308 e. The van der Waals surface area contributed by atoms with Crippen LogP contribution in [0.2, 0.25) is 0 Å². The molecule has 11 nitrogen and oxygen atoms in total. The molecule has 11 heteroatoms. The van der Waals surface area contributed by atoms with E-state index in [9.17, 15) is 19.2 Å². The van der Waals surface area contributed by atoms with Crippen LogP contribution >= 0.6 is 0 Å². The first-order valence-electron chi connectivity index (χ1n) is 11.4. The highest BCUT2D eigenvalue weighted by Gasteiger charge is 2.37. The molecule has 196 valence electrons. The van der Waals surface area contributed by atoms with Crippen LogP contribution in [0.4, 0.5) is 0 Å². The number of rotatable bonds is 6. The summed E-state index contributed by atoms with van der Waals surface area (Å²) in [6.07, 6.45) is -1.16. The Kier molecular flexibility index (Phi) is 7.28. The summed E-state index contributed by atoms with van der Waals surface area (Å²) in [5.41, 5.74) is 0.516. The van der Waals surface area contributed by atoms with Crippen LogP contribution < -0.4 is 18.9 Å². The molecule has 1 aliphatic rings. The van der Waals surface area contributed by atoms with Crippen molar-refractivity contribution in [2.24, 2.45) is 5.10 Å². The molecule has 4 rings (SSSR count). The largest absolute Gasteiger partial charge is 0.496 e. The van der Waals surface area contributed by atoms with E-state index in [0.29, 0.717) is 16.5 Å². The summed E-state index contributed by atoms with van der Waals surface area (Å²) in [4.78, 5) is 47.8. The molecule has 0 spiro atoms. The van der Waals surface area contributed by atoms with Gasteiger partial charge in [-0.25, -0.2) is 0 Å². The minimum atomic E-state index is -1.16. The molecule has 0 saturated heterocycles. The van der Waals surface area contributed by atoms with Gasteiger partial charge in [0, 0.05) is 44.5 Å². The minimum absolute atomic E-state index is 0.000233. The number of hydrogen-bond acceptors (Lipinski definition) is 10.